The first-order chi connectivity index (χ1) is 24.6. The zero-order valence-corrected chi connectivity index (χ0v) is 28.9. The first-order valence-corrected chi connectivity index (χ1v) is 18.1. The molecular weight excluding hydrogens is 631 g/mol. The average molecular weight is 665 g/mol. The van der Waals surface area contributed by atoms with Crippen molar-refractivity contribution in [1.82, 2.24) is 9.97 Å². The molecule has 0 aliphatic rings. The van der Waals surface area contributed by atoms with E-state index in [1.165, 1.54) is 0 Å². The molecule has 0 radical (unpaired) electrons. The average Bonchev–Trinajstić information content (AvgIpc) is 3.16. The number of aryl methyl sites for hydroxylation is 2. The van der Waals surface area contributed by atoms with Crippen molar-refractivity contribution in [2.24, 2.45) is 0 Å². The molecule has 8 aromatic rings. The lowest BCUT2D eigenvalue weighted by atomic mass is 9.90. The van der Waals surface area contributed by atoms with Crippen molar-refractivity contribution in [2.75, 3.05) is 0 Å². The van der Waals surface area contributed by atoms with Gasteiger partial charge in [0.2, 0.25) is 0 Å². The predicted molar refractivity (Wildman–Crippen MR) is 203 cm³/mol. The minimum atomic E-state index is -3.10. The fourth-order valence-corrected chi connectivity index (χ4v) is 7.58. The van der Waals surface area contributed by atoms with Gasteiger partial charge in [0.25, 0.3) is 0 Å². The lowest BCUT2D eigenvalue weighted by molar-refractivity contribution is 0.310. The van der Waals surface area contributed by atoms with E-state index in [1.54, 1.807) is 0 Å². The number of hydrogen-bond acceptors (Lipinski definition) is 5. The van der Waals surface area contributed by atoms with Gasteiger partial charge in [-0.3, -0.25) is 0 Å². The summed E-state index contributed by atoms with van der Waals surface area (Å²) in [6.45, 7) is 3.96. The summed E-state index contributed by atoms with van der Waals surface area (Å²) in [5.41, 5.74) is 9.63. The zero-order chi connectivity index (χ0) is 33.9. The molecule has 0 N–H and O–H groups in total. The van der Waals surface area contributed by atoms with Crippen LogP contribution in [0.2, 0.25) is 0 Å². The van der Waals surface area contributed by atoms with Gasteiger partial charge < -0.3 is 11.4 Å². The molecule has 0 aliphatic heterocycles. The molecule has 0 saturated carbocycles. The maximum Gasteiger partial charge on any atom is 1.20 e. The molecule has 0 saturated heterocycles. The molecule has 0 amide bonds. The number of para-hydroxylation sites is 2. The highest BCUT2D eigenvalue weighted by Crippen LogP contribution is 2.42. The Balaban J connectivity index is 1.31. The number of aromatic nitrogens is 2. The quantitative estimate of drug-likeness (QED) is 0.144. The van der Waals surface area contributed by atoms with Crippen molar-refractivity contribution in [3.05, 3.63) is 175 Å². The highest BCUT2D eigenvalue weighted by atomic mass is 27.3. The van der Waals surface area contributed by atoms with Crippen molar-refractivity contribution in [3.63, 3.8) is 0 Å². The Labute approximate surface area is 296 Å². The first-order valence-electron chi connectivity index (χ1n) is 16.7. The van der Waals surface area contributed by atoms with E-state index in [0.29, 0.717) is 17.2 Å². The Morgan fingerprint density at radius 2 is 0.800 bits per heavy atom. The van der Waals surface area contributed by atoms with Gasteiger partial charge in [-0.2, -0.15) is 0 Å². The lowest BCUT2D eigenvalue weighted by Gasteiger charge is -2.22. The second-order valence-corrected chi connectivity index (χ2v) is 13.5. The molecule has 5 nitrogen and oxygen atoms in total. The summed E-state index contributed by atoms with van der Waals surface area (Å²) < 4.78 is 20.7. The Morgan fingerprint density at radius 3 is 1.28 bits per heavy atom. The van der Waals surface area contributed by atoms with Crippen LogP contribution in [0.15, 0.2) is 164 Å². The third-order valence-electron chi connectivity index (χ3n) is 8.69. The van der Waals surface area contributed by atoms with E-state index in [-0.39, 0.29) is 0 Å². The van der Waals surface area contributed by atoms with Gasteiger partial charge in [0.15, 0.2) is 0 Å². The minimum Gasteiger partial charge on any atom is -0.577 e. The van der Waals surface area contributed by atoms with E-state index < -0.39 is 15.1 Å². The Bertz CT molecular complexity index is 2350. The number of rotatable bonds is 9. The Morgan fingerprint density at radius 1 is 0.380 bits per heavy atom. The molecule has 6 aromatic carbocycles. The summed E-state index contributed by atoms with van der Waals surface area (Å²) in [6, 6.07) is 55.5. The largest absolute Gasteiger partial charge is 1.20 e. The molecule has 0 atom stereocenters. The summed E-state index contributed by atoms with van der Waals surface area (Å²) in [5.74, 6) is 1.88. The van der Waals surface area contributed by atoms with Gasteiger partial charge in [-0.25, -0.2) is 9.97 Å². The molecule has 0 spiro atoms. The fraction of sp³-hybridized carbons (Fsp3) is 0.0455. The van der Waals surface area contributed by atoms with Crippen LogP contribution in [0.25, 0.3) is 55.2 Å². The third kappa shape index (κ3) is 6.55. The van der Waals surface area contributed by atoms with E-state index in [0.717, 1.165) is 66.6 Å². The normalized spacial score (nSPS) is 11.0. The summed E-state index contributed by atoms with van der Waals surface area (Å²) in [7, 11) is 0. The zero-order valence-electron chi connectivity index (χ0n) is 27.8. The summed E-state index contributed by atoms with van der Waals surface area (Å²) in [6.07, 6.45) is 0. The maximum atomic E-state index is 7.06. The molecule has 0 fully saturated rings. The van der Waals surface area contributed by atoms with Crippen molar-refractivity contribution in [1.29, 1.82) is 0 Å². The molecule has 240 valence electrons. The van der Waals surface area contributed by atoms with Crippen molar-refractivity contribution in [3.8, 4) is 50.6 Å². The summed E-state index contributed by atoms with van der Waals surface area (Å²) >= 11 is -3.10. The third-order valence-corrected chi connectivity index (χ3v) is 10.0. The van der Waals surface area contributed by atoms with Gasteiger partial charge in [0.1, 0.15) is 22.5 Å². The van der Waals surface area contributed by atoms with E-state index >= 15 is 0 Å². The van der Waals surface area contributed by atoms with Crippen LogP contribution in [0.3, 0.4) is 0 Å². The predicted octanol–water partition coefficient (Wildman–Crippen LogP) is 10.9. The monoisotopic (exact) mass is 664 g/mol. The van der Waals surface area contributed by atoms with Gasteiger partial charge >= 0.3 is 15.1 Å². The molecule has 8 rings (SSSR count). The highest BCUT2D eigenvalue weighted by molar-refractivity contribution is 6.40. The summed E-state index contributed by atoms with van der Waals surface area (Å²) in [4.78, 5) is 9.68. The topological polar surface area (TPSA) is 53.5 Å². The molecule has 0 bridgehead atoms. The molecular formula is C44H33AlN2O3. The standard InChI is InChI=1S/C24H18O.2C10H9NO.Al/c25-24-17-22(19-12-6-2-7-13-19)21(18-10-4-1-5-11-18)16-23(24)20-14-8-3-9-15-20;2*1-7-5-6-8-3-2-4-9(12)10(8)11-7;/h1-17,25H;2*2-6,12H,1H3;/q;;;+3/p-3. The maximum absolute atomic E-state index is 7.06. The Hall–Kier alpha value is -5.93. The number of benzene rings is 6. The van der Waals surface area contributed by atoms with Crippen molar-refractivity contribution in [2.45, 2.75) is 13.8 Å². The SMILES string of the molecule is Cc1ccc2cccc([O][Al]([O]c3cc(-c4ccccc4)c(-c4ccccc4)cc3-c3ccccc3)[O]c3cccc4ccc(C)nc34)c2n1. The van der Waals surface area contributed by atoms with Gasteiger partial charge in [0.05, 0.1) is 5.75 Å². The highest BCUT2D eigenvalue weighted by Gasteiger charge is 2.46. The van der Waals surface area contributed by atoms with Crippen LogP contribution >= 0.6 is 0 Å². The van der Waals surface area contributed by atoms with Crippen LogP contribution in [0, 0.1) is 13.8 Å². The second-order valence-electron chi connectivity index (χ2n) is 12.2. The molecule has 2 heterocycles. The molecule has 0 aliphatic carbocycles. The molecule has 0 unspecified atom stereocenters. The minimum absolute atomic E-state index is 0.609. The van der Waals surface area contributed by atoms with Gasteiger partial charge in [-0.15, -0.1) is 0 Å². The van der Waals surface area contributed by atoms with E-state index in [2.05, 4.69) is 84.9 Å². The van der Waals surface area contributed by atoms with Gasteiger partial charge in [-0.05, 0) is 78.1 Å². The lowest BCUT2D eigenvalue weighted by Crippen LogP contribution is -2.37. The van der Waals surface area contributed by atoms with E-state index in [4.69, 9.17) is 21.3 Å². The van der Waals surface area contributed by atoms with Crippen molar-refractivity contribution < 1.29 is 11.4 Å². The Kier molecular flexibility index (Phi) is 8.71. The van der Waals surface area contributed by atoms with Crippen LogP contribution in [-0.4, -0.2) is 25.1 Å². The molecule has 2 aromatic heterocycles. The van der Waals surface area contributed by atoms with Crippen LogP contribution in [0.4, 0.5) is 0 Å². The number of fused-ring (bicyclic) bond motifs is 2. The summed E-state index contributed by atoms with van der Waals surface area (Å²) in [5, 5.41) is 1.96. The van der Waals surface area contributed by atoms with Gasteiger partial charge in [0, 0.05) is 27.7 Å². The smallest absolute Gasteiger partial charge is 0.577 e. The van der Waals surface area contributed by atoms with Crippen LogP contribution in [-0.2, 0) is 0 Å². The van der Waals surface area contributed by atoms with Crippen LogP contribution in [0.5, 0.6) is 17.2 Å². The molecule has 50 heavy (non-hydrogen) atoms. The fourth-order valence-electron chi connectivity index (χ4n) is 6.24. The first kappa shape index (κ1) is 31.3. The number of hydrogen-bond donors (Lipinski definition) is 0. The van der Waals surface area contributed by atoms with E-state index in [1.807, 2.05) is 92.7 Å². The van der Waals surface area contributed by atoms with Crippen LogP contribution in [0.1, 0.15) is 11.4 Å². The van der Waals surface area contributed by atoms with Gasteiger partial charge in [-0.1, -0.05) is 127 Å². The van der Waals surface area contributed by atoms with Crippen LogP contribution < -0.4 is 11.4 Å². The molecule has 6 heteroatoms. The van der Waals surface area contributed by atoms with E-state index in [9.17, 15) is 0 Å². The number of nitrogens with zero attached hydrogens (tertiary/aromatic N) is 2. The van der Waals surface area contributed by atoms with Crippen molar-refractivity contribution >= 4 is 37.0 Å². The second kappa shape index (κ2) is 13.9. The number of pyridine rings is 2.